The van der Waals surface area contributed by atoms with Gasteiger partial charge in [0, 0.05) is 12.6 Å². The highest BCUT2D eigenvalue weighted by molar-refractivity contribution is 5.93. The lowest BCUT2D eigenvalue weighted by Gasteiger charge is -2.22. The number of nitrogens with one attached hydrogen (secondary N) is 1. The molecule has 2 aromatic rings. The minimum atomic E-state index is -5.59. The van der Waals surface area contributed by atoms with Crippen molar-refractivity contribution in [2.24, 2.45) is 5.92 Å². The molecule has 0 unspecified atom stereocenters. The molecule has 0 spiro atoms. The summed E-state index contributed by atoms with van der Waals surface area (Å²) in [5.74, 6) is -5.42. The Kier molecular flexibility index (Phi) is 4.24. The van der Waals surface area contributed by atoms with E-state index in [0.29, 0.717) is 16.9 Å². The van der Waals surface area contributed by atoms with Gasteiger partial charge in [-0.05, 0) is 24.3 Å². The van der Waals surface area contributed by atoms with Crippen LogP contribution in [0.3, 0.4) is 0 Å². The number of alkyl halides is 6. The largest absolute Gasteiger partial charge is 0.400 e. The third-order valence-corrected chi connectivity index (χ3v) is 3.64. The van der Waals surface area contributed by atoms with Crippen LogP contribution in [0.25, 0.3) is 16.9 Å². The first kappa shape index (κ1) is 18.0. The van der Waals surface area contributed by atoms with Crippen molar-refractivity contribution in [2.45, 2.75) is 18.8 Å². The molecule has 2 heterocycles. The summed E-state index contributed by atoms with van der Waals surface area (Å²) in [7, 11) is 0. The highest BCUT2D eigenvalue weighted by Crippen LogP contribution is 2.41. The molecule has 2 aromatic heterocycles. The molecule has 0 atom stereocenters. The van der Waals surface area contributed by atoms with Crippen LogP contribution in [-0.4, -0.2) is 32.8 Å². The second kappa shape index (κ2) is 6.15. The smallest absolute Gasteiger partial charge is 0.296 e. The predicted octanol–water partition coefficient (Wildman–Crippen LogP) is 3.91. The van der Waals surface area contributed by atoms with Gasteiger partial charge in [-0.15, -0.1) is 0 Å². The lowest BCUT2D eigenvalue weighted by molar-refractivity contribution is -0.283. The summed E-state index contributed by atoms with van der Waals surface area (Å²) < 4.78 is 77.0. The van der Waals surface area contributed by atoms with E-state index >= 15 is 0 Å². The van der Waals surface area contributed by atoms with Crippen LogP contribution in [0, 0.1) is 5.92 Å². The molecule has 3 rings (SSSR count). The lowest BCUT2D eigenvalue weighted by Crippen LogP contribution is -2.39. The van der Waals surface area contributed by atoms with Crippen molar-refractivity contribution >= 4 is 28.7 Å². The summed E-state index contributed by atoms with van der Waals surface area (Å²) in [6.07, 6.45) is -6.61. The van der Waals surface area contributed by atoms with Gasteiger partial charge in [-0.25, -0.2) is 9.97 Å². The number of carbonyl (C=O) groups excluding carboxylic acids is 1. The van der Waals surface area contributed by atoms with Crippen molar-refractivity contribution in [3.8, 4) is 0 Å². The van der Waals surface area contributed by atoms with Gasteiger partial charge in [0.05, 0.1) is 5.70 Å². The first-order chi connectivity index (χ1) is 12.1. The van der Waals surface area contributed by atoms with Gasteiger partial charge in [-0.1, -0.05) is 6.08 Å². The summed E-state index contributed by atoms with van der Waals surface area (Å²) >= 11 is 0. The Bertz CT molecular complexity index is 895. The molecule has 11 heteroatoms. The number of fused-ring (bicyclic) bond motifs is 1. The number of carbonyl (C=O) groups is 1. The number of aromatic nitrogens is 3. The molecule has 5 nitrogen and oxygen atoms in total. The third-order valence-electron chi connectivity index (χ3n) is 3.64. The van der Waals surface area contributed by atoms with Crippen LogP contribution in [0.15, 0.2) is 36.6 Å². The van der Waals surface area contributed by atoms with Gasteiger partial charge in [0.25, 0.3) is 0 Å². The van der Waals surface area contributed by atoms with Crippen molar-refractivity contribution in [3.63, 3.8) is 0 Å². The van der Waals surface area contributed by atoms with Gasteiger partial charge in [0.15, 0.2) is 11.6 Å². The SMILES string of the molecule is O=C(CC(C(F)(F)F)C(F)(F)F)Nc1nc2cccnc2n1C1=CC=C1. The van der Waals surface area contributed by atoms with Crippen LogP contribution < -0.4 is 5.32 Å². The highest BCUT2D eigenvalue weighted by atomic mass is 19.4. The minimum absolute atomic E-state index is 0.206. The number of hydrogen-bond donors (Lipinski definition) is 1. The normalized spacial score (nSPS) is 14.5. The maximum Gasteiger partial charge on any atom is 0.400 e. The molecule has 0 aromatic carbocycles. The lowest BCUT2D eigenvalue weighted by atomic mass is 10.0. The van der Waals surface area contributed by atoms with E-state index in [1.165, 1.54) is 10.8 Å². The van der Waals surface area contributed by atoms with Gasteiger partial charge >= 0.3 is 12.4 Å². The van der Waals surface area contributed by atoms with E-state index < -0.39 is 30.6 Å². The molecule has 1 N–H and O–H groups in total. The van der Waals surface area contributed by atoms with Gasteiger partial charge in [-0.2, -0.15) is 26.3 Å². The Labute approximate surface area is 142 Å². The average Bonchev–Trinajstić information content (AvgIpc) is 2.79. The van der Waals surface area contributed by atoms with Gasteiger partial charge in [0.1, 0.15) is 5.52 Å². The molecular formula is C15H10F6N4O. The third kappa shape index (κ3) is 3.41. The van der Waals surface area contributed by atoms with Crippen LogP contribution in [0.2, 0.25) is 0 Å². The van der Waals surface area contributed by atoms with E-state index in [2.05, 4.69) is 9.97 Å². The Morgan fingerprint density at radius 3 is 2.38 bits per heavy atom. The fraction of sp³-hybridized carbons (Fsp3) is 0.267. The zero-order valence-corrected chi connectivity index (χ0v) is 12.8. The van der Waals surface area contributed by atoms with Crippen LogP contribution in [0.4, 0.5) is 32.3 Å². The van der Waals surface area contributed by atoms with Crippen LogP contribution >= 0.6 is 0 Å². The molecule has 138 valence electrons. The van der Waals surface area contributed by atoms with Crippen molar-refractivity contribution in [2.75, 3.05) is 5.32 Å². The molecule has 0 radical (unpaired) electrons. The zero-order valence-electron chi connectivity index (χ0n) is 12.8. The second-order valence-corrected chi connectivity index (χ2v) is 5.46. The maximum absolute atomic E-state index is 12.6. The molecule has 1 aliphatic rings. The summed E-state index contributed by atoms with van der Waals surface area (Å²) in [4.78, 5) is 19.9. The first-order valence-electron chi connectivity index (χ1n) is 7.23. The van der Waals surface area contributed by atoms with Crippen LogP contribution in [0.5, 0.6) is 0 Å². The Morgan fingerprint density at radius 1 is 1.19 bits per heavy atom. The summed E-state index contributed by atoms with van der Waals surface area (Å²) in [6.45, 7) is 0. The molecule has 0 saturated carbocycles. The van der Waals surface area contributed by atoms with E-state index in [9.17, 15) is 31.1 Å². The average molecular weight is 376 g/mol. The van der Waals surface area contributed by atoms with E-state index in [1.807, 2.05) is 5.32 Å². The molecule has 1 aliphatic carbocycles. The van der Waals surface area contributed by atoms with Crippen LogP contribution in [-0.2, 0) is 4.79 Å². The quantitative estimate of drug-likeness (QED) is 0.823. The summed E-state index contributed by atoms with van der Waals surface area (Å²) in [5, 5.41) is 2.02. The number of hydrogen-bond acceptors (Lipinski definition) is 3. The zero-order chi connectivity index (χ0) is 19.1. The monoisotopic (exact) mass is 376 g/mol. The number of imidazole rings is 1. The van der Waals surface area contributed by atoms with E-state index in [4.69, 9.17) is 0 Å². The number of nitrogens with zero attached hydrogens (tertiary/aromatic N) is 3. The van der Waals surface area contributed by atoms with E-state index in [0.717, 1.165) is 0 Å². The molecule has 1 amide bonds. The number of allylic oxidation sites excluding steroid dienone is 4. The van der Waals surface area contributed by atoms with E-state index in [-0.39, 0.29) is 5.95 Å². The van der Waals surface area contributed by atoms with Crippen LogP contribution in [0.1, 0.15) is 6.42 Å². The number of amides is 1. The maximum atomic E-state index is 12.6. The van der Waals surface area contributed by atoms with Gasteiger partial charge < -0.3 is 0 Å². The molecule has 0 aliphatic heterocycles. The number of pyridine rings is 1. The Morgan fingerprint density at radius 2 is 1.85 bits per heavy atom. The Hall–Kier alpha value is -2.85. The number of rotatable bonds is 4. The van der Waals surface area contributed by atoms with Crippen molar-refractivity contribution in [1.82, 2.24) is 14.5 Å². The topological polar surface area (TPSA) is 59.8 Å². The van der Waals surface area contributed by atoms with Gasteiger partial charge in [0.2, 0.25) is 11.9 Å². The number of anilines is 1. The van der Waals surface area contributed by atoms with Gasteiger partial charge in [-0.3, -0.25) is 14.7 Å². The molecule has 0 bridgehead atoms. The summed E-state index contributed by atoms with van der Waals surface area (Å²) in [6, 6.07) is 3.10. The molecule has 0 fully saturated rings. The second-order valence-electron chi connectivity index (χ2n) is 5.46. The fourth-order valence-electron chi connectivity index (χ4n) is 2.35. The predicted molar refractivity (Wildman–Crippen MR) is 79.8 cm³/mol. The van der Waals surface area contributed by atoms with Crippen molar-refractivity contribution < 1.29 is 31.1 Å². The fourth-order valence-corrected chi connectivity index (χ4v) is 2.35. The molecule has 0 saturated heterocycles. The number of halogens is 6. The molecule has 26 heavy (non-hydrogen) atoms. The first-order valence-corrected chi connectivity index (χ1v) is 7.23. The van der Waals surface area contributed by atoms with Crippen molar-refractivity contribution in [1.29, 1.82) is 0 Å². The minimum Gasteiger partial charge on any atom is -0.296 e. The van der Waals surface area contributed by atoms with E-state index in [1.54, 1.807) is 30.4 Å². The summed E-state index contributed by atoms with van der Waals surface area (Å²) in [5.41, 5.74) is 1.17. The Balaban J connectivity index is 1.88. The highest BCUT2D eigenvalue weighted by Gasteiger charge is 2.57. The molecular weight excluding hydrogens is 366 g/mol. The standard InChI is InChI=1S/C15H10F6N4O/c16-14(17,18)10(15(19,20)21)7-11(26)24-13-23-9-5-2-6-22-12(9)25(13)8-3-1-4-8/h1-6,10H,7H2,(H,23,24,26). The van der Waals surface area contributed by atoms with Crippen molar-refractivity contribution in [3.05, 3.63) is 36.6 Å².